The van der Waals surface area contributed by atoms with E-state index in [1.807, 2.05) is 0 Å². The number of aromatic nitrogens is 2. The van der Waals surface area contributed by atoms with Gasteiger partial charge in [0, 0.05) is 9.93 Å². The van der Waals surface area contributed by atoms with Gasteiger partial charge in [-0.15, -0.1) is 0 Å². The Morgan fingerprint density at radius 1 is 1.16 bits per heavy atom. The van der Waals surface area contributed by atoms with E-state index in [9.17, 15) is 29.1 Å². The van der Waals surface area contributed by atoms with Crippen LogP contribution in [0.2, 0.25) is 5.02 Å². The van der Waals surface area contributed by atoms with Crippen LogP contribution in [-0.2, 0) is 14.2 Å². The van der Waals surface area contributed by atoms with Crippen LogP contribution >= 0.6 is 11.6 Å². The van der Waals surface area contributed by atoms with Crippen molar-refractivity contribution in [3.05, 3.63) is 114 Å². The Bertz CT molecular complexity index is 1540. The topological polar surface area (TPSA) is 165 Å². The molecule has 0 amide bonds. The van der Waals surface area contributed by atoms with Crippen molar-refractivity contribution in [1.29, 1.82) is 0 Å². The highest BCUT2D eigenvalue weighted by molar-refractivity contribution is 6.30. The third-order valence-corrected chi connectivity index (χ3v) is 5.69. The minimum absolute atomic E-state index is 0.0128. The highest BCUT2D eigenvalue weighted by atomic mass is 35.5. The second-order valence-electron chi connectivity index (χ2n) is 7.91. The van der Waals surface area contributed by atoms with Crippen molar-refractivity contribution in [3.8, 4) is 0 Å². The maximum Gasteiger partial charge on any atom is 0.338 e. The Hall–Kier alpha value is -4.52. The summed E-state index contributed by atoms with van der Waals surface area (Å²) in [6.07, 6.45) is -6.26. The molecule has 2 heterocycles. The highest BCUT2D eigenvalue weighted by Crippen LogP contribution is 2.42. The number of esters is 2. The summed E-state index contributed by atoms with van der Waals surface area (Å²) >= 11 is 5.88. The lowest BCUT2D eigenvalue weighted by Gasteiger charge is -2.28. The predicted molar refractivity (Wildman–Crippen MR) is 126 cm³/mol. The van der Waals surface area contributed by atoms with Gasteiger partial charge in [0.15, 0.2) is 18.5 Å². The predicted octanol–water partition coefficient (Wildman–Crippen LogP) is 3.29. The van der Waals surface area contributed by atoms with Gasteiger partial charge >= 0.3 is 17.6 Å². The van der Waals surface area contributed by atoms with Crippen LogP contribution in [0.15, 0.2) is 75.5 Å². The summed E-state index contributed by atoms with van der Waals surface area (Å²) in [6, 6.07) is 12.9. The van der Waals surface area contributed by atoms with Crippen LogP contribution in [0.25, 0.3) is 10.4 Å². The molecule has 15 heteroatoms. The first kappa shape index (κ1) is 26.5. The molecule has 12 nitrogen and oxygen atoms in total. The van der Waals surface area contributed by atoms with E-state index in [1.54, 1.807) is 11.1 Å². The minimum atomic E-state index is -2.55. The monoisotopic (exact) mass is 547 g/mol. The first-order valence-corrected chi connectivity index (χ1v) is 11.1. The summed E-state index contributed by atoms with van der Waals surface area (Å²) in [5.41, 5.74) is 4.01. The number of hydrogen-bond donors (Lipinski definition) is 1. The lowest BCUT2D eigenvalue weighted by Crippen LogP contribution is -2.47. The van der Waals surface area contributed by atoms with E-state index in [1.165, 1.54) is 48.5 Å². The van der Waals surface area contributed by atoms with Crippen molar-refractivity contribution in [2.24, 2.45) is 5.11 Å². The van der Waals surface area contributed by atoms with Crippen LogP contribution in [0.3, 0.4) is 0 Å². The summed E-state index contributed by atoms with van der Waals surface area (Å²) in [6.45, 7) is -0.993. The van der Waals surface area contributed by atoms with E-state index in [-0.39, 0.29) is 16.1 Å². The van der Waals surface area contributed by atoms with E-state index >= 15 is 4.39 Å². The molecule has 4 rings (SSSR count). The second kappa shape index (κ2) is 10.8. The Morgan fingerprint density at radius 3 is 2.55 bits per heavy atom. The molecule has 0 bridgehead atoms. The molecule has 0 unspecified atom stereocenters. The van der Waals surface area contributed by atoms with Gasteiger partial charge in [-0.25, -0.2) is 18.8 Å². The van der Waals surface area contributed by atoms with Crippen LogP contribution in [0.5, 0.6) is 0 Å². The molecule has 1 N–H and O–H groups in total. The maximum atomic E-state index is 15.8. The number of nitrogens with zero attached hydrogens (tertiary/aromatic N) is 4. The van der Waals surface area contributed by atoms with Crippen LogP contribution in [-0.4, -0.2) is 46.1 Å². The van der Waals surface area contributed by atoms with Gasteiger partial charge < -0.3 is 14.2 Å². The number of carbonyl (C=O) groups excluding carboxylic acids is 2. The zero-order valence-electron chi connectivity index (χ0n) is 19.0. The van der Waals surface area contributed by atoms with Gasteiger partial charge in [-0.05, 0) is 35.9 Å². The Labute approximate surface area is 215 Å². The summed E-state index contributed by atoms with van der Waals surface area (Å²) in [5.74, 6) is -3.50. The molecule has 1 saturated heterocycles. The molecule has 4 atom stereocenters. The number of alkyl halides is 1. The van der Waals surface area contributed by atoms with Gasteiger partial charge in [-0.2, -0.15) is 4.39 Å². The molecule has 3 aromatic rings. The van der Waals surface area contributed by atoms with Gasteiger partial charge in [0.25, 0.3) is 5.56 Å². The molecule has 1 fully saturated rings. The van der Waals surface area contributed by atoms with Crippen LogP contribution in [0.1, 0.15) is 26.9 Å². The molecule has 0 spiro atoms. The average Bonchev–Trinajstić information content (AvgIpc) is 3.16. The van der Waals surface area contributed by atoms with Crippen molar-refractivity contribution in [3.63, 3.8) is 0 Å². The molecule has 1 aliphatic rings. The van der Waals surface area contributed by atoms with Gasteiger partial charge in [0.1, 0.15) is 6.61 Å². The van der Waals surface area contributed by atoms with E-state index < -0.39 is 59.8 Å². The van der Waals surface area contributed by atoms with E-state index in [4.69, 9.17) is 25.8 Å². The maximum absolute atomic E-state index is 15.8. The number of halogens is 3. The standard InChI is InChI=1S/C23H16ClF2N5O7/c24-14-8-4-7-13(9-14)20(33)36-11-23(29-30-27)17(37-21(34)12-5-2-1-3-6-12)16(26)19(38-23)31-10-15(25)18(32)28-22(31)35/h1-10,16-17,19H,11H2,(H,28,32,35)/t16-,17-,19+,23+/m0/s1. The van der Waals surface area contributed by atoms with Gasteiger partial charge in [-0.3, -0.25) is 14.3 Å². The lowest BCUT2D eigenvalue weighted by atomic mass is 10.1. The Balaban J connectivity index is 1.73. The van der Waals surface area contributed by atoms with Gasteiger partial charge in [0.05, 0.1) is 17.3 Å². The lowest BCUT2D eigenvalue weighted by molar-refractivity contribution is -0.129. The van der Waals surface area contributed by atoms with Crippen molar-refractivity contribution >= 4 is 23.5 Å². The molecular weight excluding hydrogens is 532 g/mol. The van der Waals surface area contributed by atoms with Crippen molar-refractivity contribution in [2.75, 3.05) is 6.61 Å². The molecule has 2 aromatic carbocycles. The molecular formula is C23H16ClF2N5O7. The Morgan fingerprint density at radius 2 is 1.87 bits per heavy atom. The largest absolute Gasteiger partial charge is 0.459 e. The molecule has 1 aliphatic heterocycles. The smallest absolute Gasteiger partial charge is 0.338 e. The number of nitrogens with one attached hydrogen (secondary N) is 1. The highest BCUT2D eigenvalue weighted by Gasteiger charge is 2.60. The number of azide groups is 1. The summed E-state index contributed by atoms with van der Waals surface area (Å²) in [5, 5.41) is 3.63. The van der Waals surface area contributed by atoms with Crippen molar-refractivity contribution in [2.45, 2.75) is 24.2 Å². The molecule has 0 radical (unpaired) electrons. The second-order valence-corrected chi connectivity index (χ2v) is 8.35. The normalized spacial score (nSPS) is 22.3. The number of H-pyrrole nitrogens is 1. The third kappa shape index (κ3) is 5.27. The molecule has 1 aromatic heterocycles. The molecule has 38 heavy (non-hydrogen) atoms. The summed E-state index contributed by atoms with van der Waals surface area (Å²) in [7, 11) is 0. The average molecular weight is 548 g/mol. The number of hydrogen-bond acceptors (Lipinski definition) is 8. The zero-order valence-corrected chi connectivity index (χ0v) is 19.7. The summed E-state index contributed by atoms with van der Waals surface area (Å²) in [4.78, 5) is 53.4. The number of carbonyl (C=O) groups is 2. The first-order chi connectivity index (χ1) is 18.1. The van der Waals surface area contributed by atoms with Gasteiger partial charge in [-0.1, -0.05) is 41.0 Å². The van der Waals surface area contributed by atoms with Crippen LogP contribution in [0, 0.1) is 5.82 Å². The van der Waals surface area contributed by atoms with Crippen LogP contribution < -0.4 is 11.2 Å². The zero-order chi connectivity index (χ0) is 27.4. The SMILES string of the molecule is [N-]=[N+]=N[C@]1(COC(=O)c2cccc(Cl)c2)O[C@@H](n2cc(F)c(=O)[nH]c2=O)[C@@H](F)[C@@H]1OC(=O)c1ccccc1. The molecule has 0 aliphatic carbocycles. The number of aromatic amines is 1. The molecule has 0 saturated carbocycles. The number of rotatable bonds is 7. The van der Waals surface area contributed by atoms with Crippen molar-refractivity contribution < 1.29 is 32.6 Å². The fraction of sp³-hybridized carbons (Fsp3) is 0.217. The first-order valence-electron chi connectivity index (χ1n) is 10.7. The van der Waals surface area contributed by atoms with Gasteiger partial charge in [0.2, 0.25) is 11.5 Å². The quantitative estimate of drug-likeness (QED) is 0.205. The minimum Gasteiger partial charge on any atom is -0.459 e. The van der Waals surface area contributed by atoms with E-state index in [0.717, 1.165) is 0 Å². The number of benzene rings is 2. The fourth-order valence-electron chi connectivity index (χ4n) is 3.68. The number of ether oxygens (including phenoxy) is 3. The van der Waals surface area contributed by atoms with Crippen molar-refractivity contribution in [1.82, 2.24) is 9.55 Å². The Kier molecular flexibility index (Phi) is 7.57. The fourth-order valence-corrected chi connectivity index (χ4v) is 3.87. The third-order valence-electron chi connectivity index (χ3n) is 5.46. The summed E-state index contributed by atoms with van der Waals surface area (Å²) < 4.78 is 46.1. The molecule has 196 valence electrons. The van der Waals surface area contributed by atoms with E-state index in [0.29, 0.717) is 10.8 Å². The van der Waals surface area contributed by atoms with E-state index in [2.05, 4.69) is 10.0 Å². The van der Waals surface area contributed by atoms with Crippen LogP contribution in [0.4, 0.5) is 8.78 Å².